The molecule has 0 atom stereocenters. The van der Waals surface area contributed by atoms with Gasteiger partial charge in [0.25, 0.3) is 0 Å². The molecule has 0 unspecified atom stereocenters. The third kappa shape index (κ3) is 3.86. The average Bonchev–Trinajstić information content (AvgIpc) is 3.48. The Hall–Kier alpha value is -1.26. The number of halogens is 1. The zero-order valence-corrected chi connectivity index (χ0v) is 14.8. The molecule has 2 aliphatic carbocycles. The molecule has 130 valence electrons. The van der Waals surface area contributed by atoms with Gasteiger partial charge in [-0.25, -0.2) is 0 Å². The number of nitrogens with one attached hydrogen (secondary N) is 1. The van der Waals surface area contributed by atoms with Crippen LogP contribution in [0.3, 0.4) is 0 Å². The van der Waals surface area contributed by atoms with Crippen LogP contribution in [0.25, 0.3) is 0 Å². The van der Waals surface area contributed by atoms with E-state index in [1.807, 2.05) is 18.2 Å². The molecular weight excluding hydrogens is 322 g/mol. The van der Waals surface area contributed by atoms with Crippen molar-refractivity contribution < 1.29 is 4.79 Å². The molecule has 1 heterocycles. The standard InChI is InChI=1S/C19H26ClN3O/c20-16-3-1-2-4-17(16)23-11-9-22(10-12-23)13-18(24)21-19(14-5-6-14)15-7-8-15/h1-4,14-15,19H,5-13H2,(H,21,24). The molecule has 1 saturated heterocycles. The van der Waals surface area contributed by atoms with E-state index in [4.69, 9.17) is 11.6 Å². The van der Waals surface area contributed by atoms with E-state index in [1.54, 1.807) is 0 Å². The van der Waals surface area contributed by atoms with Gasteiger partial charge in [0, 0.05) is 32.2 Å². The van der Waals surface area contributed by atoms with Crippen LogP contribution in [0.2, 0.25) is 5.02 Å². The van der Waals surface area contributed by atoms with Crippen molar-refractivity contribution in [2.75, 3.05) is 37.6 Å². The second-order valence-corrected chi connectivity index (χ2v) is 7.89. The molecule has 4 rings (SSSR count). The highest BCUT2D eigenvalue weighted by Gasteiger charge is 2.42. The molecular formula is C19H26ClN3O. The molecule has 1 aliphatic heterocycles. The summed E-state index contributed by atoms with van der Waals surface area (Å²) in [6, 6.07) is 8.45. The van der Waals surface area contributed by atoms with Crippen LogP contribution in [-0.4, -0.2) is 49.6 Å². The summed E-state index contributed by atoms with van der Waals surface area (Å²) < 4.78 is 0. The lowest BCUT2D eigenvalue weighted by atomic mass is 10.1. The average molecular weight is 348 g/mol. The molecule has 4 nitrogen and oxygen atoms in total. The van der Waals surface area contributed by atoms with Crippen LogP contribution in [0.15, 0.2) is 24.3 Å². The first-order valence-electron chi connectivity index (χ1n) is 9.22. The Bertz CT molecular complexity index is 580. The summed E-state index contributed by atoms with van der Waals surface area (Å²) >= 11 is 6.29. The van der Waals surface area contributed by atoms with Crippen LogP contribution in [0, 0.1) is 11.8 Å². The molecule has 0 radical (unpaired) electrons. The molecule has 1 aromatic rings. The van der Waals surface area contributed by atoms with E-state index in [9.17, 15) is 4.79 Å². The number of hydrogen-bond donors (Lipinski definition) is 1. The minimum absolute atomic E-state index is 0.213. The maximum Gasteiger partial charge on any atom is 0.234 e. The van der Waals surface area contributed by atoms with Crippen LogP contribution in [0.1, 0.15) is 25.7 Å². The van der Waals surface area contributed by atoms with Crippen molar-refractivity contribution in [3.05, 3.63) is 29.3 Å². The highest BCUT2D eigenvalue weighted by atomic mass is 35.5. The molecule has 0 bridgehead atoms. The highest BCUT2D eigenvalue weighted by Crippen LogP contribution is 2.44. The van der Waals surface area contributed by atoms with E-state index in [1.165, 1.54) is 25.7 Å². The van der Waals surface area contributed by atoms with Gasteiger partial charge < -0.3 is 10.2 Å². The van der Waals surface area contributed by atoms with Gasteiger partial charge in [-0.2, -0.15) is 0 Å². The maximum atomic E-state index is 12.4. The Balaban J connectivity index is 1.25. The van der Waals surface area contributed by atoms with E-state index < -0.39 is 0 Å². The normalized spacial score (nSPS) is 22.0. The number of nitrogens with zero attached hydrogens (tertiary/aromatic N) is 2. The lowest BCUT2D eigenvalue weighted by Gasteiger charge is -2.36. The third-order valence-corrected chi connectivity index (χ3v) is 5.84. The van der Waals surface area contributed by atoms with Gasteiger partial charge in [-0.05, 0) is 49.7 Å². The maximum absolute atomic E-state index is 12.4. The Morgan fingerprint density at radius 3 is 2.29 bits per heavy atom. The van der Waals surface area contributed by atoms with Crippen molar-refractivity contribution in [3.63, 3.8) is 0 Å². The summed E-state index contributed by atoms with van der Waals surface area (Å²) in [6.07, 6.45) is 5.21. The number of carbonyl (C=O) groups is 1. The highest BCUT2D eigenvalue weighted by molar-refractivity contribution is 6.33. The summed E-state index contributed by atoms with van der Waals surface area (Å²) in [5, 5.41) is 4.13. The van der Waals surface area contributed by atoms with Crippen molar-refractivity contribution >= 4 is 23.2 Å². The van der Waals surface area contributed by atoms with Gasteiger partial charge >= 0.3 is 0 Å². The van der Waals surface area contributed by atoms with E-state index in [-0.39, 0.29) is 5.91 Å². The monoisotopic (exact) mass is 347 g/mol. The topological polar surface area (TPSA) is 35.6 Å². The molecule has 3 aliphatic rings. The molecule has 1 amide bonds. The Labute approximate surface area is 149 Å². The summed E-state index contributed by atoms with van der Waals surface area (Å²) in [5.41, 5.74) is 1.10. The summed E-state index contributed by atoms with van der Waals surface area (Å²) in [4.78, 5) is 17.0. The van der Waals surface area contributed by atoms with E-state index in [0.717, 1.165) is 48.7 Å². The van der Waals surface area contributed by atoms with E-state index in [0.29, 0.717) is 12.6 Å². The lowest BCUT2D eigenvalue weighted by Crippen LogP contribution is -2.51. The van der Waals surface area contributed by atoms with Crippen molar-refractivity contribution in [1.29, 1.82) is 0 Å². The number of rotatable bonds is 6. The smallest absolute Gasteiger partial charge is 0.234 e. The van der Waals surface area contributed by atoms with Crippen molar-refractivity contribution in [2.24, 2.45) is 11.8 Å². The number of carbonyl (C=O) groups excluding carboxylic acids is 1. The molecule has 1 N–H and O–H groups in total. The minimum Gasteiger partial charge on any atom is -0.368 e. The van der Waals surface area contributed by atoms with Crippen molar-refractivity contribution in [1.82, 2.24) is 10.2 Å². The lowest BCUT2D eigenvalue weighted by molar-refractivity contribution is -0.123. The SMILES string of the molecule is O=C(CN1CCN(c2ccccc2Cl)CC1)NC(C1CC1)C1CC1. The Kier molecular flexibility index (Phi) is 4.68. The van der Waals surface area contributed by atoms with Gasteiger partial charge in [0.2, 0.25) is 5.91 Å². The summed E-state index contributed by atoms with van der Waals surface area (Å²) in [7, 11) is 0. The van der Waals surface area contributed by atoms with Gasteiger partial charge in [0.15, 0.2) is 0 Å². The first-order chi connectivity index (χ1) is 11.7. The second-order valence-electron chi connectivity index (χ2n) is 7.48. The van der Waals surface area contributed by atoms with E-state index >= 15 is 0 Å². The number of benzene rings is 1. The fourth-order valence-electron chi connectivity index (χ4n) is 3.82. The van der Waals surface area contributed by atoms with E-state index in [2.05, 4.69) is 21.2 Å². The molecule has 5 heteroatoms. The molecule has 0 aromatic heterocycles. The molecule has 1 aromatic carbocycles. The van der Waals surface area contributed by atoms with Crippen molar-refractivity contribution in [3.8, 4) is 0 Å². The quantitative estimate of drug-likeness (QED) is 0.859. The van der Waals surface area contributed by atoms with Gasteiger partial charge in [-0.3, -0.25) is 9.69 Å². The molecule has 24 heavy (non-hydrogen) atoms. The second kappa shape index (κ2) is 6.93. The number of hydrogen-bond acceptors (Lipinski definition) is 3. The zero-order chi connectivity index (χ0) is 16.5. The molecule has 3 fully saturated rings. The number of amides is 1. The van der Waals surface area contributed by atoms with Gasteiger partial charge in [0.05, 0.1) is 17.3 Å². The molecule has 0 spiro atoms. The van der Waals surface area contributed by atoms with Crippen molar-refractivity contribution in [2.45, 2.75) is 31.7 Å². The fourth-order valence-corrected chi connectivity index (χ4v) is 4.08. The third-order valence-electron chi connectivity index (χ3n) is 5.52. The van der Waals surface area contributed by atoms with Crippen LogP contribution in [-0.2, 0) is 4.79 Å². The van der Waals surface area contributed by atoms with Crippen LogP contribution in [0.4, 0.5) is 5.69 Å². The van der Waals surface area contributed by atoms with Crippen LogP contribution in [0.5, 0.6) is 0 Å². The van der Waals surface area contributed by atoms with Gasteiger partial charge in [-0.15, -0.1) is 0 Å². The molecule has 2 saturated carbocycles. The summed E-state index contributed by atoms with van der Waals surface area (Å²) in [6.45, 7) is 4.20. The van der Waals surface area contributed by atoms with Gasteiger partial charge in [-0.1, -0.05) is 23.7 Å². The Morgan fingerprint density at radius 1 is 1.08 bits per heavy atom. The van der Waals surface area contributed by atoms with Gasteiger partial charge in [0.1, 0.15) is 0 Å². The first kappa shape index (κ1) is 16.2. The minimum atomic E-state index is 0.213. The van der Waals surface area contributed by atoms with Crippen LogP contribution >= 0.6 is 11.6 Å². The largest absolute Gasteiger partial charge is 0.368 e. The predicted octanol–water partition coefficient (Wildman–Crippen LogP) is 2.77. The Morgan fingerprint density at radius 2 is 1.71 bits per heavy atom. The van der Waals surface area contributed by atoms with Crippen LogP contribution < -0.4 is 10.2 Å². The fraction of sp³-hybridized carbons (Fsp3) is 0.632. The number of para-hydroxylation sites is 1. The first-order valence-corrected chi connectivity index (χ1v) is 9.60. The zero-order valence-electron chi connectivity index (χ0n) is 14.1. The summed E-state index contributed by atoms with van der Waals surface area (Å²) in [5.74, 6) is 1.74. The predicted molar refractivity (Wildman–Crippen MR) is 97.5 cm³/mol. The number of anilines is 1. The number of piperazine rings is 1.